The molecule has 0 amide bonds. The molecule has 0 saturated heterocycles. The average Bonchev–Trinajstić information content (AvgIpc) is 3.05. The Morgan fingerprint density at radius 1 is 0.646 bits per heavy atom. The third-order valence-corrected chi connectivity index (χ3v) is 7.94. The van der Waals surface area contributed by atoms with E-state index in [2.05, 4.69) is 11.7 Å². The molecule has 0 aromatic heterocycles. The van der Waals surface area contributed by atoms with Crippen LogP contribution in [0.15, 0.2) is 60.7 Å². The second kappa shape index (κ2) is 19.8. The first kappa shape index (κ1) is 38.5. The fraction of sp³-hybridized carbons (Fsp3) is 0.474. The van der Waals surface area contributed by atoms with Crippen LogP contribution in [0.1, 0.15) is 118 Å². The van der Waals surface area contributed by atoms with Gasteiger partial charge in [0.2, 0.25) is 0 Å². The third kappa shape index (κ3) is 12.6. The molecule has 0 saturated carbocycles. The van der Waals surface area contributed by atoms with Crippen LogP contribution in [0, 0.1) is 11.6 Å². The Hall–Kier alpha value is -3.95. The first-order valence-electron chi connectivity index (χ1n) is 16.9. The second-order valence-electron chi connectivity index (χ2n) is 11.9. The smallest absolute Gasteiger partial charge is 0.425 e. The van der Waals surface area contributed by atoms with Gasteiger partial charge in [0.1, 0.15) is 28.7 Å². The van der Waals surface area contributed by atoms with Gasteiger partial charge in [0, 0.05) is 12.1 Å². The lowest BCUT2D eigenvalue weighted by Crippen LogP contribution is -2.34. The molecule has 1 atom stereocenters. The number of unbranched alkanes of at least 4 members (excludes halogenated alkanes) is 10. The number of hydrogen-bond acceptors (Lipinski definition) is 5. The highest BCUT2D eigenvalue weighted by molar-refractivity contribution is 5.92. The number of carbonyl (C=O) groups is 2. The lowest BCUT2D eigenvalue weighted by atomic mass is 10.0. The molecule has 0 N–H and O–H groups in total. The fourth-order valence-corrected chi connectivity index (χ4v) is 5.17. The lowest BCUT2D eigenvalue weighted by molar-refractivity contribution is -0.206. The van der Waals surface area contributed by atoms with Crippen molar-refractivity contribution < 1.29 is 45.8 Å². The summed E-state index contributed by atoms with van der Waals surface area (Å²) in [6.07, 6.45) is 4.00. The van der Waals surface area contributed by atoms with Gasteiger partial charge in [0.05, 0.1) is 12.2 Å². The van der Waals surface area contributed by atoms with Crippen LogP contribution in [0.4, 0.5) is 22.0 Å². The molecule has 0 aliphatic rings. The molecule has 0 aliphatic carbocycles. The zero-order chi connectivity index (χ0) is 34.9. The molecule has 0 fully saturated rings. The number of benzene rings is 3. The molecule has 1 unspecified atom stereocenters. The second-order valence-corrected chi connectivity index (χ2v) is 11.9. The van der Waals surface area contributed by atoms with Gasteiger partial charge in [0.15, 0.2) is 6.10 Å². The van der Waals surface area contributed by atoms with E-state index in [0.29, 0.717) is 31.6 Å². The monoisotopic (exact) mass is 676 g/mol. The van der Waals surface area contributed by atoms with Gasteiger partial charge in [-0.2, -0.15) is 13.2 Å². The van der Waals surface area contributed by atoms with Crippen molar-refractivity contribution in [3.05, 3.63) is 83.4 Å². The molecule has 0 bridgehead atoms. The van der Waals surface area contributed by atoms with Gasteiger partial charge in [-0.25, -0.2) is 18.4 Å². The zero-order valence-corrected chi connectivity index (χ0v) is 27.7. The highest BCUT2D eigenvalue weighted by Crippen LogP contribution is 2.30. The minimum atomic E-state index is -4.90. The molecular formula is C38H45F5O5. The van der Waals surface area contributed by atoms with Crippen molar-refractivity contribution in [2.75, 3.05) is 6.61 Å². The molecule has 10 heteroatoms. The largest absolute Gasteiger partial charge is 0.494 e. The van der Waals surface area contributed by atoms with Crippen LogP contribution in [0.5, 0.6) is 11.5 Å². The molecule has 48 heavy (non-hydrogen) atoms. The molecular weight excluding hydrogens is 631 g/mol. The van der Waals surface area contributed by atoms with Crippen molar-refractivity contribution in [3.63, 3.8) is 0 Å². The maximum Gasteiger partial charge on any atom is 0.425 e. The Bertz CT molecular complexity index is 1400. The molecule has 3 aromatic rings. The van der Waals surface area contributed by atoms with Crippen LogP contribution in [0.25, 0.3) is 11.1 Å². The molecule has 0 radical (unpaired) electrons. The van der Waals surface area contributed by atoms with Gasteiger partial charge in [-0.3, -0.25) is 0 Å². The number of rotatable bonds is 20. The van der Waals surface area contributed by atoms with E-state index in [4.69, 9.17) is 9.47 Å². The summed E-state index contributed by atoms with van der Waals surface area (Å²) in [6.45, 7) is 4.76. The SMILES string of the molecule is CCCCCCCCCCOc1ccc(-c2ccc(C(=O)Oc3cc(F)c(C(=O)OC(CCCCCC)C(F)(F)F)c(F)c3)cc2)cc1. The standard InChI is InChI=1S/C38H45F5O5/c1-3-5-7-9-10-11-12-14-24-46-30-22-20-28(21-23-30)27-16-18-29(19-17-27)36(44)47-31-25-32(39)35(33(40)26-31)37(45)48-34(38(41,42)43)15-13-8-6-4-2/h16-23,25-26,34H,3-15,24H2,1-2H3. The number of hydrogen-bond donors (Lipinski definition) is 0. The van der Waals surface area contributed by atoms with Crippen molar-refractivity contribution >= 4 is 11.9 Å². The summed E-state index contributed by atoms with van der Waals surface area (Å²) < 4.78 is 85.0. The zero-order valence-electron chi connectivity index (χ0n) is 27.7. The minimum Gasteiger partial charge on any atom is -0.494 e. The third-order valence-electron chi connectivity index (χ3n) is 7.94. The minimum absolute atomic E-state index is 0.0875. The van der Waals surface area contributed by atoms with E-state index in [0.717, 1.165) is 36.1 Å². The van der Waals surface area contributed by atoms with Gasteiger partial charge in [0.25, 0.3) is 0 Å². The van der Waals surface area contributed by atoms with E-state index >= 15 is 0 Å². The van der Waals surface area contributed by atoms with Gasteiger partial charge in [-0.15, -0.1) is 0 Å². The summed E-state index contributed by atoms with van der Waals surface area (Å²) >= 11 is 0. The van der Waals surface area contributed by atoms with Crippen molar-refractivity contribution in [1.29, 1.82) is 0 Å². The van der Waals surface area contributed by atoms with Crippen molar-refractivity contribution in [2.45, 2.75) is 110 Å². The summed E-state index contributed by atoms with van der Waals surface area (Å²) in [5.41, 5.74) is 0.481. The van der Waals surface area contributed by atoms with Gasteiger partial charge >= 0.3 is 18.1 Å². The molecule has 0 aliphatic heterocycles. The Labute approximate surface area is 279 Å². The van der Waals surface area contributed by atoms with Crippen LogP contribution < -0.4 is 9.47 Å². The van der Waals surface area contributed by atoms with E-state index in [9.17, 15) is 31.5 Å². The Morgan fingerprint density at radius 3 is 1.69 bits per heavy atom. The lowest BCUT2D eigenvalue weighted by Gasteiger charge is -2.21. The predicted octanol–water partition coefficient (Wildman–Crippen LogP) is 11.4. The van der Waals surface area contributed by atoms with E-state index in [1.807, 2.05) is 31.2 Å². The van der Waals surface area contributed by atoms with Crippen LogP contribution in [0.2, 0.25) is 0 Å². The van der Waals surface area contributed by atoms with E-state index in [1.165, 1.54) is 50.7 Å². The maximum atomic E-state index is 14.7. The van der Waals surface area contributed by atoms with Crippen LogP contribution in [0.3, 0.4) is 0 Å². The highest BCUT2D eigenvalue weighted by Gasteiger charge is 2.43. The van der Waals surface area contributed by atoms with Crippen molar-refractivity contribution in [2.24, 2.45) is 0 Å². The molecule has 3 rings (SSSR count). The molecule has 5 nitrogen and oxygen atoms in total. The first-order valence-corrected chi connectivity index (χ1v) is 16.9. The van der Waals surface area contributed by atoms with Crippen LogP contribution in [-0.4, -0.2) is 30.8 Å². The van der Waals surface area contributed by atoms with E-state index < -0.39 is 53.6 Å². The van der Waals surface area contributed by atoms with Crippen molar-refractivity contribution in [1.82, 2.24) is 0 Å². The topological polar surface area (TPSA) is 61.8 Å². The molecule has 3 aromatic carbocycles. The predicted molar refractivity (Wildman–Crippen MR) is 175 cm³/mol. The van der Waals surface area contributed by atoms with Gasteiger partial charge in [-0.1, -0.05) is 102 Å². The van der Waals surface area contributed by atoms with Crippen molar-refractivity contribution in [3.8, 4) is 22.6 Å². The summed E-state index contributed by atoms with van der Waals surface area (Å²) in [6, 6.07) is 15.0. The average molecular weight is 677 g/mol. The maximum absolute atomic E-state index is 14.7. The molecule has 0 heterocycles. The fourth-order valence-electron chi connectivity index (χ4n) is 5.17. The number of esters is 2. The quantitative estimate of drug-likeness (QED) is 0.0516. The van der Waals surface area contributed by atoms with Gasteiger partial charge in [-0.05, 0) is 54.7 Å². The number of ether oxygens (including phenoxy) is 3. The molecule has 0 spiro atoms. The summed E-state index contributed by atoms with van der Waals surface area (Å²) in [7, 11) is 0. The van der Waals surface area contributed by atoms with Crippen LogP contribution in [-0.2, 0) is 4.74 Å². The number of halogens is 5. The Balaban J connectivity index is 1.53. The normalized spacial score (nSPS) is 12.1. The first-order chi connectivity index (χ1) is 23.0. The highest BCUT2D eigenvalue weighted by atomic mass is 19.4. The van der Waals surface area contributed by atoms with Gasteiger partial charge < -0.3 is 14.2 Å². The Kier molecular flexibility index (Phi) is 15.9. The van der Waals surface area contributed by atoms with E-state index in [1.54, 1.807) is 12.1 Å². The number of alkyl halides is 3. The van der Waals surface area contributed by atoms with Crippen LogP contribution >= 0.6 is 0 Å². The molecule has 262 valence electrons. The van der Waals surface area contributed by atoms with E-state index in [-0.39, 0.29) is 12.0 Å². The summed E-state index contributed by atoms with van der Waals surface area (Å²) in [5, 5.41) is 0. The summed E-state index contributed by atoms with van der Waals surface area (Å²) in [5.74, 6) is -5.55. The Morgan fingerprint density at radius 2 is 1.15 bits per heavy atom. The number of carbonyl (C=O) groups excluding carboxylic acids is 2. The summed E-state index contributed by atoms with van der Waals surface area (Å²) in [4.78, 5) is 25.0.